The molecule has 114 valence electrons. The van der Waals surface area contributed by atoms with E-state index in [1.165, 1.54) is 5.01 Å². The minimum absolute atomic E-state index is 0.0884. The average Bonchev–Trinajstić information content (AvgIpc) is 2.85. The van der Waals surface area contributed by atoms with Crippen LogP contribution in [-0.2, 0) is 4.79 Å². The molecule has 23 heavy (non-hydrogen) atoms. The third-order valence-electron chi connectivity index (χ3n) is 3.63. The Balaban J connectivity index is 1.88. The molecule has 0 saturated heterocycles. The zero-order chi connectivity index (χ0) is 16.2. The number of benzene rings is 2. The molecule has 0 radical (unpaired) electrons. The summed E-state index contributed by atoms with van der Waals surface area (Å²) in [7, 11) is 0. The van der Waals surface area contributed by atoms with Crippen LogP contribution in [0, 0.1) is 0 Å². The van der Waals surface area contributed by atoms with E-state index in [-0.39, 0.29) is 5.91 Å². The molecule has 0 aromatic heterocycles. The highest BCUT2D eigenvalue weighted by Crippen LogP contribution is 2.24. The highest BCUT2D eigenvalue weighted by molar-refractivity contribution is 6.30. The Kier molecular flexibility index (Phi) is 4.20. The van der Waals surface area contributed by atoms with E-state index >= 15 is 0 Å². The second-order valence-electron chi connectivity index (χ2n) is 5.49. The van der Waals surface area contributed by atoms with Crippen LogP contribution in [-0.4, -0.2) is 11.6 Å². The summed E-state index contributed by atoms with van der Waals surface area (Å²) in [6.45, 7) is 3.86. The van der Waals surface area contributed by atoms with E-state index in [0.29, 0.717) is 5.57 Å². The number of amides is 1. The van der Waals surface area contributed by atoms with Crippen molar-refractivity contribution in [3.05, 3.63) is 83.4 Å². The third kappa shape index (κ3) is 3.29. The summed E-state index contributed by atoms with van der Waals surface area (Å²) < 4.78 is 0. The summed E-state index contributed by atoms with van der Waals surface area (Å²) >= 11 is 0. The topological polar surface area (TPSA) is 32.7 Å². The second-order valence-corrected chi connectivity index (χ2v) is 5.49. The van der Waals surface area contributed by atoms with Crippen molar-refractivity contribution in [2.75, 3.05) is 5.01 Å². The van der Waals surface area contributed by atoms with E-state index in [1.54, 1.807) is 0 Å². The van der Waals surface area contributed by atoms with Gasteiger partial charge in [0.05, 0.1) is 17.0 Å². The number of nitrogens with zero attached hydrogens (tertiary/aromatic N) is 2. The molecule has 0 spiro atoms. The van der Waals surface area contributed by atoms with Crippen molar-refractivity contribution in [1.29, 1.82) is 0 Å². The Bertz CT molecular complexity index is 802. The first-order valence-electron chi connectivity index (χ1n) is 7.55. The Morgan fingerprint density at radius 1 is 1.00 bits per heavy atom. The number of hydrogen-bond donors (Lipinski definition) is 0. The van der Waals surface area contributed by atoms with Gasteiger partial charge in [0.1, 0.15) is 0 Å². The predicted molar refractivity (Wildman–Crippen MR) is 95.2 cm³/mol. The van der Waals surface area contributed by atoms with Gasteiger partial charge < -0.3 is 0 Å². The first kappa shape index (κ1) is 15.0. The van der Waals surface area contributed by atoms with Crippen LogP contribution in [0.2, 0.25) is 0 Å². The van der Waals surface area contributed by atoms with Crippen LogP contribution < -0.4 is 5.01 Å². The molecule has 0 N–H and O–H groups in total. The lowest BCUT2D eigenvalue weighted by Gasteiger charge is -2.11. The number of para-hydroxylation sites is 1. The van der Waals surface area contributed by atoms with Crippen molar-refractivity contribution in [2.24, 2.45) is 5.10 Å². The predicted octanol–water partition coefficient (Wildman–Crippen LogP) is 4.44. The highest BCUT2D eigenvalue weighted by atomic mass is 16.2. The molecule has 3 heteroatoms. The van der Waals surface area contributed by atoms with Crippen molar-refractivity contribution in [2.45, 2.75) is 13.8 Å². The van der Waals surface area contributed by atoms with Gasteiger partial charge in [0, 0.05) is 0 Å². The van der Waals surface area contributed by atoms with E-state index in [9.17, 15) is 4.79 Å². The monoisotopic (exact) mass is 302 g/mol. The van der Waals surface area contributed by atoms with Crippen LogP contribution >= 0.6 is 0 Å². The van der Waals surface area contributed by atoms with Gasteiger partial charge in [-0.25, -0.2) is 0 Å². The van der Waals surface area contributed by atoms with Crippen LogP contribution in [0.15, 0.2) is 83.0 Å². The molecule has 0 saturated carbocycles. The smallest absolute Gasteiger partial charge is 0.267 e. The molecule has 0 bridgehead atoms. The van der Waals surface area contributed by atoms with Crippen molar-refractivity contribution in [3.8, 4) is 0 Å². The number of rotatable bonds is 3. The summed E-state index contributed by atoms with van der Waals surface area (Å²) in [4.78, 5) is 12.6. The molecule has 0 aliphatic carbocycles. The van der Waals surface area contributed by atoms with Gasteiger partial charge in [-0.15, -0.1) is 0 Å². The Morgan fingerprint density at radius 3 is 2.26 bits per heavy atom. The SMILES string of the molecule is CC1=NN(c2ccccc2)C(=O)/C1=C/C(C)=C/c1ccccc1. The number of carbonyl (C=O) groups is 1. The first-order chi connectivity index (χ1) is 11.1. The molecule has 3 nitrogen and oxygen atoms in total. The Morgan fingerprint density at radius 2 is 1.61 bits per heavy atom. The van der Waals surface area contributed by atoms with E-state index in [0.717, 1.165) is 22.5 Å². The highest BCUT2D eigenvalue weighted by Gasteiger charge is 2.28. The summed E-state index contributed by atoms with van der Waals surface area (Å²) in [6, 6.07) is 19.5. The van der Waals surface area contributed by atoms with Gasteiger partial charge in [-0.2, -0.15) is 10.1 Å². The van der Waals surface area contributed by atoms with Crippen LogP contribution in [0.5, 0.6) is 0 Å². The summed E-state index contributed by atoms with van der Waals surface area (Å²) in [5.74, 6) is -0.0884. The molecule has 1 aliphatic rings. The summed E-state index contributed by atoms with van der Waals surface area (Å²) in [6.07, 6.45) is 3.95. The van der Waals surface area contributed by atoms with Crippen molar-refractivity contribution in [3.63, 3.8) is 0 Å². The maximum atomic E-state index is 12.6. The standard InChI is InChI=1S/C20H18N2O/c1-15(13-17-9-5-3-6-10-17)14-19-16(2)21-22(20(19)23)18-11-7-4-8-12-18/h3-14H,1-2H3/b15-13+,19-14+. The van der Waals surface area contributed by atoms with Crippen molar-refractivity contribution >= 4 is 23.4 Å². The van der Waals surface area contributed by atoms with Crippen LogP contribution in [0.1, 0.15) is 19.4 Å². The summed E-state index contributed by atoms with van der Waals surface area (Å²) in [5.41, 5.74) is 4.29. The van der Waals surface area contributed by atoms with Gasteiger partial charge in [-0.3, -0.25) is 4.79 Å². The Labute approximate surface area is 136 Å². The van der Waals surface area contributed by atoms with Crippen LogP contribution in [0.3, 0.4) is 0 Å². The number of allylic oxidation sites excluding steroid dienone is 2. The molecular weight excluding hydrogens is 284 g/mol. The average molecular weight is 302 g/mol. The van der Waals surface area contributed by atoms with Crippen LogP contribution in [0.4, 0.5) is 5.69 Å². The lowest BCUT2D eigenvalue weighted by atomic mass is 10.1. The molecule has 1 aliphatic heterocycles. The lowest BCUT2D eigenvalue weighted by Crippen LogP contribution is -2.21. The fourth-order valence-corrected chi connectivity index (χ4v) is 2.51. The maximum Gasteiger partial charge on any atom is 0.280 e. The third-order valence-corrected chi connectivity index (χ3v) is 3.63. The molecule has 1 heterocycles. The van der Waals surface area contributed by atoms with Gasteiger partial charge in [0.2, 0.25) is 0 Å². The molecule has 0 unspecified atom stereocenters. The fourth-order valence-electron chi connectivity index (χ4n) is 2.51. The number of hydrazone groups is 1. The zero-order valence-electron chi connectivity index (χ0n) is 13.2. The Hall–Kier alpha value is -2.94. The lowest BCUT2D eigenvalue weighted by molar-refractivity contribution is -0.114. The van der Waals surface area contributed by atoms with Gasteiger partial charge in [0.15, 0.2) is 0 Å². The quantitative estimate of drug-likeness (QED) is 0.771. The zero-order valence-corrected chi connectivity index (χ0v) is 13.2. The second kappa shape index (κ2) is 6.44. The molecular formula is C20H18N2O. The van der Waals surface area contributed by atoms with Crippen molar-refractivity contribution < 1.29 is 4.79 Å². The van der Waals surface area contributed by atoms with Gasteiger partial charge in [0.25, 0.3) is 5.91 Å². The van der Waals surface area contributed by atoms with Crippen LogP contribution in [0.25, 0.3) is 6.08 Å². The molecule has 3 rings (SSSR count). The minimum atomic E-state index is -0.0884. The van der Waals surface area contributed by atoms with E-state index in [1.807, 2.05) is 80.6 Å². The molecule has 1 amide bonds. The molecule has 2 aromatic carbocycles. The normalized spacial score (nSPS) is 16.9. The largest absolute Gasteiger partial charge is 0.280 e. The maximum absolute atomic E-state index is 12.6. The van der Waals surface area contributed by atoms with Gasteiger partial charge >= 0.3 is 0 Å². The van der Waals surface area contributed by atoms with E-state index in [4.69, 9.17) is 0 Å². The molecule has 0 fully saturated rings. The fraction of sp³-hybridized carbons (Fsp3) is 0.100. The van der Waals surface area contributed by atoms with Gasteiger partial charge in [-0.1, -0.05) is 54.6 Å². The van der Waals surface area contributed by atoms with Crippen molar-refractivity contribution in [1.82, 2.24) is 0 Å². The summed E-state index contributed by atoms with van der Waals surface area (Å²) in [5, 5.41) is 5.84. The molecule has 2 aromatic rings. The number of anilines is 1. The molecule has 0 atom stereocenters. The number of carbonyl (C=O) groups excluding carboxylic acids is 1. The van der Waals surface area contributed by atoms with E-state index < -0.39 is 0 Å². The number of hydrogen-bond acceptors (Lipinski definition) is 2. The van der Waals surface area contributed by atoms with Gasteiger partial charge in [-0.05, 0) is 43.2 Å². The van der Waals surface area contributed by atoms with E-state index in [2.05, 4.69) is 11.2 Å². The first-order valence-corrected chi connectivity index (χ1v) is 7.55. The minimum Gasteiger partial charge on any atom is -0.267 e.